The van der Waals surface area contributed by atoms with Gasteiger partial charge in [-0.15, -0.1) is 0 Å². The van der Waals surface area contributed by atoms with Crippen molar-refractivity contribution in [1.29, 1.82) is 0 Å². The smallest absolute Gasteiger partial charge is 0.342 e. The molecule has 1 atom stereocenters. The average Bonchev–Trinajstić information content (AvgIpc) is 2.48. The van der Waals surface area contributed by atoms with Crippen molar-refractivity contribution in [3.63, 3.8) is 0 Å². The third-order valence-corrected chi connectivity index (χ3v) is 3.98. The fourth-order valence-corrected chi connectivity index (χ4v) is 3.01. The summed E-state index contributed by atoms with van der Waals surface area (Å²) in [6.07, 6.45) is 0. The Kier molecular flexibility index (Phi) is 5.44. The molecule has 1 aliphatic heterocycles. The fourth-order valence-electron chi connectivity index (χ4n) is 2.29. The second-order valence-electron chi connectivity index (χ2n) is 4.63. The van der Waals surface area contributed by atoms with Gasteiger partial charge in [-0.2, -0.15) is 0 Å². The number of hydrogen-bond donors (Lipinski definition) is 2. The Balaban J connectivity index is 2.41. The molecule has 0 bridgehead atoms. The molecule has 0 saturated heterocycles. The monoisotopic (exact) mass is 305 g/mol. The second kappa shape index (κ2) is 7.31. The Morgan fingerprint density at radius 2 is 2.05 bits per heavy atom. The van der Waals surface area contributed by atoms with E-state index < -0.39 is 0 Å². The lowest BCUT2D eigenvalue weighted by atomic mass is 9.97. The van der Waals surface area contributed by atoms with Crippen molar-refractivity contribution in [2.45, 2.75) is 26.8 Å². The number of rotatable bonds is 4. The van der Waals surface area contributed by atoms with Crippen LogP contribution in [-0.4, -0.2) is 23.5 Å². The number of thioether (sulfide) groups is 1. The maximum absolute atomic E-state index is 12.3. The molecule has 1 aromatic carbocycles. The van der Waals surface area contributed by atoms with Crippen LogP contribution in [0.25, 0.3) is 0 Å². The minimum atomic E-state index is -0.274. The van der Waals surface area contributed by atoms with Gasteiger partial charge in [-0.25, -0.2) is 10.1 Å². The normalized spacial score (nSPS) is 18.0. The summed E-state index contributed by atoms with van der Waals surface area (Å²) in [5.41, 5.74) is 2.54. The van der Waals surface area contributed by atoms with Crippen LogP contribution in [0, 0.1) is 0 Å². The highest BCUT2D eigenvalue weighted by Gasteiger charge is 2.34. The highest BCUT2D eigenvalue weighted by atomic mass is 32.2. The van der Waals surface area contributed by atoms with Crippen molar-refractivity contribution < 1.29 is 14.5 Å². The van der Waals surface area contributed by atoms with E-state index >= 15 is 0 Å². The topological polar surface area (TPSA) is 52.3 Å². The van der Waals surface area contributed by atoms with Crippen LogP contribution in [0.15, 0.2) is 41.6 Å². The maximum Gasteiger partial charge on any atom is 0.342 e. The minimum absolute atomic E-state index is 0.180. The lowest BCUT2D eigenvalue weighted by Gasteiger charge is -2.20. The molecule has 0 aromatic heterocycles. The molecule has 1 heterocycles. The zero-order valence-electron chi connectivity index (χ0n) is 12.6. The molecular formula is C16H21N2O2S+. The second-order valence-corrected chi connectivity index (χ2v) is 5.91. The first-order valence-electron chi connectivity index (χ1n) is 7.13. The van der Waals surface area contributed by atoms with Crippen molar-refractivity contribution in [2.75, 3.05) is 12.4 Å². The highest BCUT2D eigenvalue weighted by Crippen LogP contribution is 2.23. The van der Waals surface area contributed by atoms with Gasteiger partial charge in [-0.05, 0) is 25.6 Å². The summed E-state index contributed by atoms with van der Waals surface area (Å²) < 4.78 is 5.21. The lowest BCUT2D eigenvalue weighted by Crippen LogP contribution is -2.79. The number of hydrogen-bond acceptors (Lipinski definition) is 4. The van der Waals surface area contributed by atoms with Gasteiger partial charge in [-0.1, -0.05) is 37.3 Å². The Morgan fingerprint density at radius 3 is 2.67 bits per heavy atom. The summed E-state index contributed by atoms with van der Waals surface area (Å²) in [5, 5.41) is 4.22. The Bertz CT molecular complexity index is 567. The van der Waals surface area contributed by atoms with Crippen LogP contribution in [0.4, 0.5) is 0 Å². The van der Waals surface area contributed by atoms with Crippen molar-refractivity contribution in [3.05, 3.63) is 47.2 Å². The largest absolute Gasteiger partial charge is 0.462 e. The number of ether oxygens (including phenoxy) is 1. The molecule has 112 valence electrons. The van der Waals surface area contributed by atoms with Gasteiger partial charge in [0.25, 0.3) is 0 Å². The summed E-state index contributed by atoms with van der Waals surface area (Å²) in [7, 11) is 0. The molecule has 1 aliphatic rings. The molecule has 5 heteroatoms. The Morgan fingerprint density at radius 1 is 1.33 bits per heavy atom. The molecule has 2 N–H and O–H groups in total. The lowest BCUT2D eigenvalue weighted by molar-refractivity contribution is -0.498. The number of amidine groups is 1. The van der Waals surface area contributed by atoms with E-state index in [0.29, 0.717) is 12.2 Å². The van der Waals surface area contributed by atoms with Gasteiger partial charge in [0, 0.05) is 11.3 Å². The van der Waals surface area contributed by atoms with Gasteiger partial charge in [0.05, 0.1) is 6.61 Å². The number of allylic oxidation sites excluding steroid dienone is 1. The van der Waals surface area contributed by atoms with E-state index in [-0.39, 0.29) is 12.0 Å². The fraction of sp³-hybridized carbons (Fsp3) is 0.375. The molecular weight excluding hydrogens is 284 g/mol. The van der Waals surface area contributed by atoms with E-state index in [0.717, 1.165) is 22.2 Å². The van der Waals surface area contributed by atoms with Crippen LogP contribution in [0.2, 0.25) is 0 Å². The first kappa shape index (κ1) is 15.6. The number of carbonyl (C=O) groups excluding carboxylic acids is 1. The molecule has 21 heavy (non-hydrogen) atoms. The molecule has 0 spiro atoms. The number of nitrogens with one attached hydrogen (secondary N) is 2. The van der Waals surface area contributed by atoms with Gasteiger partial charge in [0.1, 0.15) is 11.3 Å². The molecule has 1 unspecified atom stereocenters. The summed E-state index contributed by atoms with van der Waals surface area (Å²) in [5.74, 6) is 0.684. The molecule has 0 aliphatic carbocycles. The Labute approximate surface area is 129 Å². The van der Waals surface area contributed by atoms with E-state index in [1.807, 2.05) is 44.2 Å². The highest BCUT2D eigenvalue weighted by molar-refractivity contribution is 8.13. The molecule has 0 saturated carbocycles. The predicted octanol–water partition coefficient (Wildman–Crippen LogP) is 1.36. The van der Waals surface area contributed by atoms with E-state index in [1.54, 1.807) is 11.8 Å². The van der Waals surface area contributed by atoms with Gasteiger partial charge < -0.3 is 4.74 Å². The van der Waals surface area contributed by atoms with Crippen molar-refractivity contribution in [3.8, 4) is 0 Å². The molecule has 0 radical (unpaired) electrons. The van der Waals surface area contributed by atoms with Crippen LogP contribution < -0.4 is 10.3 Å². The zero-order valence-corrected chi connectivity index (χ0v) is 13.4. The zero-order chi connectivity index (χ0) is 15.2. The molecule has 0 amide bonds. The van der Waals surface area contributed by atoms with Crippen LogP contribution in [-0.2, 0) is 9.53 Å². The standard InChI is InChI=1S/C16H20N2O2S/c1-4-20-15(19)13-11(3)17-16(21-5-2)18-14(13)12-9-7-6-8-10-12/h6-10,14H,4-5H2,1-3H3,(H,17,18)/p+1. The summed E-state index contributed by atoms with van der Waals surface area (Å²) in [4.78, 5) is 15.7. The van der Waals surface area contributed by atoms with Crippen molar-refractivity contribution in [1.82, 2.24) is 5.32 Å². The van der Waals surface area contributed by atoms with Crippen LogP contribution >= 0.6 is 11.8 Å². The van der Waals surface area contributed by atoms with Crippen molar-refractivity contribution in [2.24, 2.45) is 0 Å². The minimum Gasteiger partial charge on any atom is -0.462 e. The Hall–Kier alpha value is -1.75. The number of carbonyl (C=O) groups is 1. The van der Waals surface area contributed by atoms with Gasteiger partial charge in [0.15, 0.2) is 6.04 Å². The number of esters is 1. The summed E-state index contributed by atoms with van der Waals surface area (Å²) in [6.45, 7) is 6.20. The molecule has 1 aromatic rings. The first-order valence-corrected chi connectivity index (χ1v) is 8.12. The van der Waals surface area contributed by atoms with Crippen LogP contribution in [0.1, 0.15) is 32.4 Å². The first-order chi connectivity index (χ1) is 10.2. The maximum atomic E-state index is 12.3. The summed E-state index contributed by atoms with van der Waals surface area (Å²) in [6, 6.07) is 9.78. The average molecular weight is 305 g/mol. The SMILES string of the molecule is CCOC(=O)C1=C(C)NC(SCC)=[NH+]C1c1ccccc1. The molecule has 4 nitrogen and oxygen atoms in total. The molecule has 2 rings (SSSR count). The summed E-state index contributed by atoms with van der Waals surface area (Å²) >= 11 is 1.69. The van der Waals surface area contributed by atoms with Gasteiger partial charge >= 0.3 is 11.1 Å². The third kappa shape index (κ3) is 3.67. The van der Waals surface area contributed by atoms with Crippen molar-refractivity contribution >= 4 is 22.9 Å². The van der Waals surface area contributed by atoms with Gasteiger partial charge in [-0.3, -0.25) is 4.99 Å². The quantitative estimate of drug-likeness (QED) is 0.825. The number of benzene rings is 1. The van der Waals surface area contributed by atoms with E-state index in [2.05, 4.69) is 17.2 Å². The van der Waals surface area contributed by atoms with E-state index in [9.17, 15) is 4.79 Å². The van der Waals surface area contributed by atoms with E-state index in [4.69, 9.17) is 4.74 Å². The van der Waals surface area contributed by atoms with Crippen LogP contribution in [0.3, 0.4) is 0 Å². The predicted molar refractivity (Wildman–Crippen MR) is 85.8 cm³/mol. The third-order valence-electron chi connectivity index (χ3n) is 3.19. The van der Waals surface area contributed by atoms with Crippen LogP contribution in [0.5, 0.6) is 0 Å². The molecule has 0 fully saturated rings. The van der Waals surface area contributed by atoms with E-state index in [1.165, 1.54) is 0 Å². The van der Waals surface area contributed by atoms with Gasteiger partial charge in [0.2, 0.25) is 0 Å².